The first kappa shape index (κ1) is 13.0. The third-order valence-corrected chi connectivity index (χ3v) is 2.72. The highest BCUT2D eigenvalue weighted by Crippen LogP contribution is 2.31. The number of hydrogen-bond acceptors (Lipinski definition) is 4. The highest BCUT2D eigenvalue weighted by atomic mass is 35.5. The summed E-state index contributed by atoms with van der Waals surface area (Å²) in [5, 5.41) is 19.6. The molecule has 0 fully saturated rings. The molecule has 1 heterocycles. The quantitative estimate of drug-likeness (QED) is 0.529. The summed E-state index contributed by atoms with van der Waals surface area (Å²) in [6, 6.07) is 9.32. The fraction of sp³-hybridized carbons (Fsp3) is 0. The van der Waals surface area contributed by atoms with Gasteiger partial charge in [-0.25, -0.2) is 9.78 Å². The molecule has 0 atom stereocenters. The van der Waals surface area contributed by atoms with Crippen molar-refractivity contribution in [3.05, 3.63) is 57.2 Å². The van der Waals surface area contributed by atoms with Crippen molar-refractivity contribution in [3.8, 4) is 11.3 Å². The average Bonchev–Trinajstić information content (AvgIpc) is 2.38. The zero-order valence-electron chi connectivity index (χ0n) is 9.41. The van der Waals surface area contributed by atoms with Crippen LogP contribution in [0.25, 0.3) is 11.3 Å². The number of halogens is 1. The normalized spacial score (nSPS) is 10.2. The van der Waals surface area contributed by atoms with Crippen LogP contribution in [-0.4, -0.2) is 21.0 Å². The molecule has 1 N–H and O–H groups in total. The van der Waals surface area contributed by atoms with E-state index in [9.17, 15) is 14.9 Å². The number of benzene rings is 1. The van der Waals surface area contributed by atoms with Crippen LogP contribution in [0.4, 0.5) is 5.69 Å². The van der Waals surface area contributed by atoms with Crippen LogP contribution in [-0.2, 0) is 0 Å². The summed E-state index contributed by atoms with van der Waals surface area (Å²) in [4.78, 5) is 25.1. The summed E-state index contributed by atoms with van der Waals surface area (Å²) in [5.74, 6) is -1.36. The Morgan fingerprint density at radius 3 is 2.47 bits per heavy atom. The smallest absolute Gasteiger partial charge is 0.339 e. The maximum Gasteiger partial charge on any atom is 0.339 e. The van der Waals surface area contributed by atoms with Crippen LogP contribution in [0.2, 0.25) is 5.15 Å². The molecule has 0 aliphatic carbocycles. The van der Waals surface area contributed by atoms with Gasteiger partial charge in [0, 0.05) is 11.6 Å². The minimum Gasteiger partial charge on any atom is -0.478 e. The van der Waals surface area contributed by atoms with E-state index in [1.807, 2.05) is 0 Å². The monoisotopic (exact) mass is 278 g/mol. The minimum absolute atomic E-state index is 0.0422. The molecule has 1 aromatic heterocycles. The molecule has 0 radical (unpaired) electrons. The predicted octanol–water partition coefficient (Wildman–Crippen LogP) is 3.01. The van der Waals surface area contributed by atoms with Gasteiger partial charge in [0.25, 0.3) is 5.69 Å². The second kappa shape index (κ2) is 5.03. The zero-order chi connectivity index (χ0) is 14.0. The summed E-state index contributed by atoms with van der Waals surface area (Å²) in [7, 11) is 0. The molecular weight excluding hydrogens is 272 g/mol. The van der Waals surface area contributed by atoms with Gasteiger partial charge in [0.15, 0.2) is 0 Å². The number of nitro groups is 1. The number of carboxylic acid groups (broad SMARTS) is 1. The fourth-order valence-electron chi connectivity index (χ4n) is 1.58. The molecule has 6 nitrogen and oxygen atoms in total. The molecule has 2 aromatic rings. The van der Waals surface area contributed by atoms with Gasteiger partial charge in [-0.05, 0) is 0 Å². The number of hydrogen-bond donors (Lipinski definition) is 1. The first-order chi connectivity index (χ1) is 9.00. The lowest BCUT2D eigenvalue weighted by atomic mass is 10.1. The molecule has 0 spiro atoms. The lowest BCUT2D eigenvalue weighted by Gasteiger charge is -2.05. The van der Waals surface area contributed by atoms with Gasteiger partial charge in [0.05, 0.1) is 4.92 Å². The molecule has 0 aliphatic heterocycles. The van der Waals surface area contributed by atoms with E-state index in [-0.39, 0.29) is 10.8 Å². The van der Waals surface area contributed by atoms with Crippen molar-refractivity contribution in [2.45, 2.75) is 0 Å². The van der Waals surface area contributed by atoms with Gasteiger partial charge in [-0.15, -0.1) is 0 Å². The SMILES string of the molecule is O=C(O)c1cc([N+](=O)[O-])c(-c2ccccc2)nc1Cl. The molecule has 19 heavy (non-hydrogen) atoms. The second-order valence-corrected chi connectivity index (χ2v) is 3.98. The number of aromatic carboxylic acids is 1. The second-order valence-electron chi connectivity index (χ2n) is 3.62. The summed E-state index contributed by atoms with van der Waals surface area (Å²) >= 11 is 5.74. The first-order valence-corrected chi connectivity index (χ1v) is 5.52. The Kier molecular flexibility index (Phi) is 3.43. The lowest BCUT2D eigenvalue weighted by Crippen LogP contribution is -2.03. The maximum absolute atomic E-state index is 11.0. The van der Waals surface area contributed by atoms with E-state index >= 15 is 0 Å². The molecule has 0 amide bonds. The maximum atomic E-state index is 11.0. The van der Waals surface area contributed by atoms with Gasteiger partial charge in [0.2, 0.25) is 0 Å². The van der Waals surface area contributed by atoms with Crippen molar-refractivity contribution in [1.82, 2.24) is 4.98 Å². The molecule has 7 heteroatoms. The number of rotatable bonds is 3. The van der Waals surface area contributed by atoms with Gasteiger partial charge in [-0.3, -0.25) is 10.1 Å². The summed E-state index contributed by atoms with van der Waals surface area (Å²) in [6.07, 6.45) is 0. The lowest BCUT2D eigenvalue weighted by molar-refractivity contribution is -0.384. The van der Waals surface area contributed by atoms with Crippen molar-refractivity contribution in [1.29, 1.82) is 0 Å². The largest absolute Gasteiger partial charge is 0.478 e. The van der Waals surface area contributed by atoms with E-state index in [1.54, 1.807) is 30.3 Å². The first-order valence-electron chi connectivity index (χ1n) is 5.14. The van der Waals surface area contributed by atoms with E-state index in [2.05, 4.69) is 4.98 Å². The van der Waals surface area contributed by atoms with Crippen LogP contribution in [0.5, 0.6) is 0 Å². The van der Waals surface area contributed by atoms with Crippen LogP contribution < -0.4 is 0 Å². The van der Waals surface area contributed by atoms with Crippen molar-refractivity contribution >= 4 is 23.3 Å². The van der Waals surface area contributed by atoms with Crippen molar-refractivity contribution in [3.63, 3.8) is 0 Å². The van der Waals surface area contributed by atoms with Gasteiger partial charge in [-0.2, -0.15) is 0 Å². The van der Waals surface area contributed by atoms with Gasteiger partial charge in [0.1, 0.15) is 16.4 Å². The van der Waals surface area contributed by atoms with E-state index in [0.717, 1.165) is 6.07 Å². The molecule has 0 bridgehead atoms. The Morgan fingerprint density at radius 1 is 1.32 bits per heavy atom. The van der Waals surface area contributed by atoms with E-state index in [0.29, 0.717) is 5.56 Å². The van der Waals surface area contributed by atoms with Gasteiger partial charge in [-0.1, -0.05) is 41.9 Å². The van der Waals surface area contributed by atoms with Crippen LogP contribution in [0, 0.1) is 10.1 Å². The van der Waals surface area contributed by atoms with Crippen LogP contribution >= 0.6 is 11.6 Å². The summed E-state index contributed by atoms with van der Waals surface area (Å²) in [5.41, 5.74) is -0.255. The Balaban J connectivity index is 2.71. The van der Waals surface area contributed by atoms with Crippen molar-refractivity contribution < 1.29 is 14.8 Å². The molecule has 2 rings (SSSR count). The van der Waals surface area contributed by atoms with E-state index in [4.69, 9.17) is 16.7 Å². The van der Waals surface area contributed by atoms with Crippen molar-refractivity contribution in [2.75, 3.05) is 0 Å². The molecule has 0 aliphatic rings. The summed E-state index contributed by atoms with van der Waals surface area (Å²) in [6.45, 7) is 0. The Morgan fingerprint density at radius 2 is 1.95 bits per heavy atom. The highest BCUT2D eigenvalue weighted by molar-refractivity contribution is 6.32. The summed E-state index contributed by atoms with van der Waals surface area (Å²) < 4.78 is 0. The third-order valence-electron chi connectivity index (χ3n) is 2.43. The molecule has 0 unspecified atom stereocenters. The molecule has 0 saturated heterocycles. The van der Waals surface area contributed by atoms with Gasteiger partial charge >= 0.3 is 5.97 Å². The highest BCUT2D eigenvalue weighted by Gasteiger charge is 2.23. The van der Waals surface area contributed by atoms with E-state index < -0.39 is 22.1 Å². The number of nitrogens with zero attached hydrogens (tertiary/aromatic N) is 2. The number of aromatic nitrogens is 1. The zero-order valence-corrected chi connectivity index (χ0v) is 10.2. The van der Waals surface area contributed by atoms with Crippen LogP contribution in [0.15, 0.2) is 36.4 Å². The fourth-order valence-corrected chi connectivity index (χ4v) is 1.80. The molecule has 0 saturated carbocycles. The standard InChI is InChI=1S/C12H7ClN2O4/c13-11-8(12(16)17)6-9(15(18)19)10(14-11)7-4-2-1-3-5-7/h1-6H,(H,16,17). The minimum atomic E-state index is -1.36. The Hall–Kier alpha value is -2.47. The number of carbonyl (C=O) groups is 1. The predicted molar refractivity (Wildman–Crippen MR) is 68.3 cm³/mol. The number of pyridine rings is 1. The van der Waals surface area contributed by atoms with E-state index in [1.165, 1.54) is 0 Å². The third kappa shape index (κ3) is 2.53. The average molecular weight is 279 g/mol. The molecular formula is C12H7ClN2O4. The number of carboxylic acids is 1. The molecule has 96 valence electrons. The van der Waals surface area contributed by atoms with Gasteiger partial charge < -0.3 is 5.11 Å². The Bertz CT molecular complexity index is 658. The van der Waals surface area contributed by atoms with Crippen molar-refractivity contribution in [2.24, 2.45) is 0 Å². The topological polar surface area (TPSA) is 93.3 Å². The Labute approximate surface area is 112 Å². The van der Waals surface area contributed by atoms with Crippen LogP contribution in [0.3, 0.4) is 0 Å². The molecule has 1 aromatic carbocycles. The van der Waals surface area contributed by atoms with Crippen LogP contribution in [0.1, 0.15) is 10.4 Å².